The van der Waals surface area contributed by atoms with Gasteiger partial charge < -0.3 is 15.3 Å². The Morgan fingerprint density at radius 3 is 2.81 bits per heavy atom. The molecule has 2 unspecified atom stereocenters. The van der Waals surface area contributed by atoms with Crippen molar-refractivity contribution in [2.45, 2.75) is 44.7 Å². The highest BCUT2D eigenvalue weighted by Gasteiger charge is 2.31. The van der Waals surface area contributed by atoms with E-state index >= 15 is 0 Å². The van der Waals surface area contributed by atoms with Crippen molar-refractivity contribution in [3.8, 4) is 0 Å². The molecule has 116 valence electrons. The first kappa shape index (κ1) is 16.1. The molecule has 1 aliphatic heterocycles. The highest BCUT2D eigenvalue weighted by molar-refractivity contribution is 7.16. The molecular weight excluding hydrogens is 312 g/mol. The molecule has 1 fully saturated rings. The molecule has 2 heterocycles. The molecule has 0 spiro atoms. The fourth-order valence-corrected chi connectivity index (χ4v) is 3.57. The predicted octanol–water partition coefficient (Wildman–Crippen LogP) is 3.50. The molecule has 0 bridgehead atoms. The number of carboxylic acid groups (broad SMARTS) is 1. The number of amides is 2. The van der Waals surface area contributed by atoms with Crippen LogP contribution in [0, 0.1) is 0 Å². The highest BCUT2D eigenvalue weighted by Crippen LogP contribution is 2.27. The van der Waals surface area contributed by atoms with Gasteiger partial charge in [0.15, 0.2) is 0 Å². The Labute approximate surface area is 132 Å². The quantitative estimate of drug-likeness (QED) is 0.891. The van der Waals surface area contributed by atoms with Crippen LogP contribution in [0.4, 0.5) is 4.79 Å². The van der Waals surface area contributed by atoms with Crippen LogP contribution in [0.5, 0.6) is 0 Å². The zero-order chi connectivity index (χ0) is 15.4. The van der Waals surface area contributed by atoms with E-state index in [0.717, 1.165) is 24.1 Å². The predicted molar refractivity (Wildman–Crippen MR) is 82.9 cm³/mol. The molecule has 0 saturated carbocycles. The van der Waals surface area contributed by atoms with Crippen LogP contribution in [0.3, 0.4) is 0 Å². The molecular formula is C14H19ClN2O3S. The van der Waals surface area contributed by atoms with Crippen molar-refractivity contribution in [2.75, 3.05) is 6.54 Å². The first-order valence-electron chi connectivity index (χ1n) is 7.04. The maximum absolute atomic E-state index is 12.4. The zero-order valence-corrected chi connectivity index (χ0v) is 13.4. The highest BCUT2D eigenvalue weighted by atomic mass is 35.5. The summed E-state index contributed by atoms with van der Waals surface area (Å²) < 4.78 is 0.671. The van der Waals surface area contributed by atoms with E-state index in [9.17, 15) is 14.7 Å². The Bertz CT molecular complexity index is 520. The summed E-state index contributed by atoms with van der Waals surface area (Å²) in [6.07, 6.45) is 3.17. The molecule has 0 aromatic carbocycles. The SMILES string of the molecule is CC(NC(=O)N1CCCCCC1C(=O)O)c1ccc(Cl)s1. The van der Waals surface area contributed by atoms with Gasteiger partial charge in [-0.1, -0.05) is 24.4 Å². The number of rotatable bonds is 3. The second-order valence-corrected chi connectivity index (χ2v) is 6.96. The third kappa shape index (κ3) is 4.11. The number of nitrogens with one attached hydrogen (secondary N) is 1. The van der Waals surface area contributed by atoms with Crippen LogP contribution in [0.1, 0.15) is 43.5 Å². The standard InChI is InChI=1S/C14H19ClN2O3S/c1-9(11-6-7-12(15)21-11)16-14(20)17-8-4-2-3-5-10(17)13(18)19/h6-7,9-10H,2-5,8H2,1H3,(H,16,20)(H,18,19). The average Bonchev–Trinajstić information content (AvgIpc) is 2.72. The zero-order valence-electron chi connectivity index (χ0n) is 11.8. The second kappa shape index (κ2) is 7.13. The fourth-order valence-electron chi connectivity index (χ4n) is 2.51. The van der Waals surface area contributed by atoms with E-state index in [-0.39, 0.29) is 12.1 Å². The summed E-state index contributed by atoms with van der Waals surface area (Å²) in [5.74, 6) is -0.932. The molecule has 1 aromatic heterocycles. The van der Waals surface area contributed by atoms with Crippen LogP contribution in [0.2, 0.25) is 4.34 Å². The lowest BCUT2D eigenvalue weighted by molar-refractivity contribution is -0.142. The van der Waals surface area contributed by atoms with Crippen LogP contribution in [0.25, 0.3) is 0 Å². The summed E-state index contributed by atoms with van der Waals surface area (Å²) in [6.45, 7) is 2.36. The van der Waals surface area contributed by atoms with Gasteiger partial charge in [0.2, 0.25) is 0 Å². The van der Waals surface area contributed by atoms with Crippen molar-refractivity contribution in [3.05, 3.63) is 21.3 Å². The van der Waals surface area contributed by atoms with E-state index in [1.54, 1.807) is 6.07 Å². The van der Waals surface area contributed by atoms with Gasteiger partial charge >= 0.3 is 12.0 Å². The third-order valence-corrected chi connectivity index (χ3v) is 5.07. The van der Waals surface area contributed by atoms with Crippen molar-refractivity contribution in [2.24, 2.45) is 0 Å². The van der Waals surface area contributed by atoms with Crippen molar-refractivity contribution >= 4 is 34.9 Å². The molecule has 2 atom stereocenters. The Hall–Kier alpha value is -1.27. The summed E-state index contributed by atoms with van der Waals surface area (Å²) in [5, 5.41) is 12.2. The Morgan fingerprint density at radius 2 is 2.19 bits per heavy atom. The molecule has 21 heavy (non-hydrogen) atoms. The fraction of sp³-hybridized carbons (Fsp3) is 0.571. The third-order valence-electron chi connectivity index (χ3n) is 3.66. The molecule has 0 radical (unpaired) electrons. The molecule has 1 saturated heterocycles. The van der Waals surface area contributed by atoms with E-state index in [1.165, 1.54) is 16.2 Å². The number of hydrogen-bond donors (Lipinski definition) is 2. The van der Waals surface area contributed by atoms with Crippen LogP contribution < -0.4 is 5.32 Å². The van der Waals surface area contributed by atoms with Gasteiger partial charge in [-0.3, -0.25) is 0 Å². The minimum atomic E-state index is -0.932. The number of urea groups is 1. The lowest BCUT2D eigenvalue weighted by Crippen LogP contribution is -2.49. The van der Waals surface area contributed by atoms with Crippen LogP contribution >= 0.6 is 22.9 Å². The Morgan fingerprint density at radius 1 is 1.43 bits per heavy atom. The van der Waals surface area contributed by atoms with Gasteiger partial charge in [0.25, 0.3) is 0 Å². The number of likely N-dealkylation sites (tertiary alicyclic amines) is 1. The maximum Gasteiger partial charge on any atom is 0.326 e. The summed E-state index contributed by atoms with van der Waals surface area (Å²) in [7, 11) is 0. The number of halogens is 1. The molecule has 1 aromatic rings. The van der Waals surface area contributed by atoms with E-state index in [0.29, 0.717) is 17.3 Å². The number of nitrogens with zero attached hydrogens (tertiary/aromatic N) is 1. The van der Waals surface area contributed by atoms with Crippen LogP contribution in [-0.4, -0.2) is 34.6 Å². The minimum Gasteiger partial charge on any atom is -0.480 e. The van der Waals surface area contributed by atoms with E-state index < -0.39 is 12.0 Å². The molecule has 2 rings (SSSR count). The monoisotopic (exact) mass is 330 g/mol. The number of carbonyl (C=O) groups excluding carboxylic acids is 1. The minimum absolute atomic E-state index is 0.187. The van der Waals surface area contributed by atoms with Gasteiger partial charge in [0.05, 0.1) is 10.4 Å². The van der Waals surface area contributed by atoms with E-state index in [1.807, 2.05) is 13.0 Å². The van der Waals surface area contributed by atoms with Gasteiger partial charge in [-0.15, -0.1) is 11.3 Å². The molecule has 7 heteroatoms. The van der Waals surface area contributed by atoms with Crippen LogP contribution in [-0.2, 0) is 4.79 Å². The topological polar surface area (TPSA) is 69.6 Å². The average molecular weight is 331 g/mol. The lowest BCUT2D eigenvalue weighted by atomic mass is 10.1. The van der Waals surface area contributed by atoms with Gasteiger partial charge in [0, 0.05) is 11.4 Å². The summed E-state index contributed by atoms with van der Waals surface area (Å²) >= 11 is 7.31. The Kier molecular flexibility index (Phi) is 5.47. The lowest BCUT2D eigenvalue weighted by Gasteiger charge is -2.28. The first-order chi connectivity index (χ1) is 9.99. The first-order valence-corrected chi connectivity index (χ1v) is 8.23. The summed E-state index contributed by atoms with van der Waals surface area (Å²) in [6, 6.07) is 2.42. The Balaban J connectivity index is 2.04. The van der Waals surface area contributed by atoms with Crippen molar-refractivity contribution < 1.29 is 14.7 Å². The smallest absolute Gasteiger partial charge is 0.326 e. The summed E-state index contributed by atoms with van der Waals surface area (Å²) in [4.78, 5) is 26.1. The number of carboxylic acids is 1. The second-order valence-electron chi connectivity index (χ2n) is 5.21. The summed E-state index contributed by atoms with van der Waals surface area (Å²) in [5.41, 5.74) is 0. The number of aliphatic carboxylic acids is 1. The van der Waals surface area contributed by atoms with Crippen molar-refractivity contribution in [1.29, 1.82) is 0 Å². The van der Waals surface area contributed by atoms with E-state index in [4.69, 9.17) is 11.6 Å². The van der Waals surface area contributed by atoms with Gasteiger partial charge in [-0.05, 0) is 31.9 Å². The number of hydrogen-bond acceptors (Lipinski definition) is 3. The maximum atomic E-state index is 12.4. The van der Waals surface area contributed by atoms with Gasteiger partial charge in [0.1, 0.15) is 6.04 Å². The largest absolute Gasteiger partial charge is 0.480 e. The van der Waals surface area contributed by atoms with Crippen LogP contribution in [0.15, 0.2) is 12.1 Å². The molecule has 2 N–H and O–H groups in total. The molecule has 0 aliphatic carbocycles. The van der Waals surface area contributed by atoms with Crippen molar-refractivity contribution in [1.82, 2.24) is 10.2 Å². The number of thiophene rings is 1. The van der Waals surface area contributed by atoms with Crippen molar-refractivity contribution in [3.63, 3.8) is 0 Å². The molecule has 1 aliphatic rings. The number of carbonyl (C=O) groups is 2. The molecule has 2 amide bonds. The van der Waals surface area contributed by atoms with E-state index in [2.05, 4.69) is 5.32 Å². The van der Waals surface area contributed by atoms with Gasteiger partial charge in [-0.2, -0.15) is 0 Å². The normalized spacial score (nSPS) is 20.7. The molecule has 5 nitrogen and oxygen atoms in total. The van der Waals surface area contributed by atoms with Gasteiger partial charge in [-0.25, -0.2) is 9.59 Å².